The van der Waals surface area contributed by atoms with E-state index in [0.717, 1.165) is 25.9 Å². The molecule has 0 aliphatic heterocycles. The van der Waals surface area contributed by atoms with E-state index in [1.54, 1.807) is 0 Å². The third-order valence-corrected chi connectivity index (χ3v) is 3.02. The number of nitrogens with one attached hydrogen (secondary N) is 2. The number of nitrogens with zero attached hydrogens (tertiary/aromatic N) is 1. The average molecular weight is 267 g/mol. The van der Waals surface area contributed by atoms with Crippen LogP contribution in [0.5, 0.6) is 0 Å². The van der Waals surface area contributed by atoms with Crippen molar-refractivity contribution in [3.63, 3.8) is 0 Å². The van der Waals surface area contributed by atoms with E-state index in [9.17, 15) is 9.59 Å². The predicted molar refractivity (Wildman–Crippen MR) is 81.0 cm³/mol. The van der Waals surface area contributed by atoms with E-state index in [4.69, 9.17) is 0 Å². The van der Waals surface area contributed by atoms with Crippen molar-refractivity contribution < 1.29 is 0 Å². The summed E-state index contributed by atoms with van der Waals surface area (Å²) >= 11 is 0. The second-order valence-corrected chi connectivity index (χ2v) is 5.60. The Balaban J connectivity index is 2.43. The van der Waals surface area contributed by atoms with E-state index >= 15 is 0 Å². The van der Waals surface area contributed by atoms with Crippen LogP contribution in [0, 0.1) is 5.92 Å². The van der Waals surface area contributed by atoms with Gasteiger partial charge in [0.2, 0.25) is 0 Å². The molecule has 1 rings (SSSR count). The largest absolute Gasteiger partial charge is 0.380 e. The number of hydrogen-bond acceptors (Lipinski definition) is 5. The minimum Gasteiger partial charge on any atom is -0.380 e. The Hall–Kier alpha value is -1.36. The van der Waals surface area contributed by atoms with Crippen LogP contribution in [0.2, 0.25) is 0 Å². The molecule has 19 heavy (non-hydrogen) atoms. The minimum atomic E-state index is -0.392. The van der Waals surface area contributed by atoms with Crippen LogP contribution in [-0.4, -0.2) is 38.6 Å². The van der Waals surface area contributed by atoms with Crippen molar-refractivity contribution in [2.24, 2.45) is 5.92 Å². The van der Waals surface area contributed by atoms with Crippen LogP contribution in [0.1, 0.15) is 26.7 Å². The molecule has 0 aliphatic rings. The molecular formula is C14H25N3O2. The third kappa shape index (κ3) is 4.67. The molecule has 5 nitrogen and oxygen atoms in total. The van der Waals surface area contributed by atoms with Gasteiger partial charge in [-0.1, -0.05) is 13.8 Å². The highest BCUT2D eigenvalue weighted by Gasteiger charge is 2.19. The Morgan fingerprint density at radius 3 is 2.00 bits per heavy atom. The Kier molecular flexibility index (Phi) is 6.02. The fourth-order valence-electron chi connectivity index (χ4n) is 1.82. The van der Waals surface area contributed by atoms with Gasteiger partial charge >= 0.3 is 0 Å². The highest BCUT2D eigenvalue weighted by atomic mass is 16.2. The zero-order valence-corrected chi connectivity index (χ0v) is 12.4. The van der Waals surface area contributed by atoms with E-state index in [2.05, 4.69) is 29.4 Å². The fourth-order valence-corrected chi connectivity index (χ4v) is 1.82. The van der Waals surface area contributed by atoms with Crippen molar-refractivity contribution >= 4 is 11.4 Å². The molecule has 108 valence electrons. The van der Waals surface area contributed by atoms with E-state index in [1.165, 1.54) is 0 Å². The first-order chi connectivity index (χ1) is 8.93. The zero-order valence-electron chi connectivity index (χ0n) is 12.4. The Morgan fingerprint density at radius 1 is 1.00 bits per heavy atom. The Labute approximate surface area is 114 Å². The summed E-state index contributed by atoms with van der Waals surface area (Å²) in [6.07, 6.45) is 1.93. The minimum absolute atomic E-state index is 0.390. The van der Waals surface area contributed by atoms with Gasteiger partial charge in [0.25, 0.3) is 10.9 Å². The van der Waals surface area contributed by atoms with Gasteiger partial charge in [-0.15, -0.1) is 0 Å². The molecule has 0 aromatic heterocycles. The molecule has 0 saturated carbocycles. The standard InChI is InChI=1S/C14H25N3O2/c1-10(2)6-8-16-12-11(13(18)14(12)19)15-7-5-9-17(3)4/h10,15-16H,5-9H2,1-4H3. The average Bonchev–Trinajstić information content (AvgIpc) is 2.34. The molecule has 2 N–H and O–H groups in total. The van der Waals surface area contributed by atoms with Crippen LogP contribution in [0.3, 0.4) is 0 Å². The van der Waals surface area contributed by atoms with Gasteiger partial charge in [0, 0.05) is 13.1 Å². The molecule has 1 aromatic rings. The molecule has 0 heterocycles. The summed E-state index contributed by atoms with van der Waals surface area (Å²) in [5, 5.41) is 6.13. The fraction of sp³-hybridized carbons (Fsp3) is 0.714. The molecular weight excluding hydrogens is 242 g/mol. The first-order valence-electron chi connectivity index (χ1n) is 6.89. The third-order valence-electron chi connectivity index (χ3n) is 3.02. The van der Waals surface area contributed by atoms with Gasteiger partial charge in [-0.2, -0.15) is 0 Å². The second kappa shape index (κ2) is 7.28. The van der Waals surface area contributed by atoms with Gasteiger partial charge in [-0.3, -0.25) is 9.59 Å². The van der Waals surface area contributed by atoms with E-state index in [-0.39, 0.29) is 5.43 Å². The van der Waals surface area contributed by atoms with Crippen molar-refractivity contribution in [3.05, 3.63) is 20.4 Å². The van der Waals surface area contributed by atoms with Crippen LogP contribution < -0.4 is 21.5 Å². The summed E-state index contributed by atoms with van der Waals surface area (Å²) < 4.78 is 0. The van der Waals surface area contributed by atoms with E-state index < -0.39 is 5.43 Å². The van der Waals surface area contributed by atoms with E-state index in [1.807, 2.05) is 14.1 Å². The van der Waals surface area contributed by atoms with Crippen molar-refractivity contribution in [2.45, 2.75) is 26.7 Å². The zero-order chi connectivity index (χ0) is 14.4. The highest BCUT2D eigenvalue weighted by molar-refractivity contribution is 5.73. The predicted octanol–water partition coefficient (Wildman–Crippen LogP) is 1.10. The quantitative estimate of drug-likeness (QED) is 0.518. The first-order valence-corrected chi connectivity index (χ1v) is 6.89. The smallest absolute Gasteiger partial charge is 0.253 e. The molecule has 0 bridgehead atoms. The normalized spacial score (nSPS) is 11.5. The summed E-state index contributed by atoms with van der Waals surface area (Å²) in [5.74, 6) is 0.579. The van der Waals surface area contributed by atoms with Crippen molar-refractivity contribution in [2.75, 3.05) is 44.4 Å². The summed E-state index contributed by atoms with van der Waals surface area (Å²) in [5.41, 5.74) is 0.152. The molecule has 0 aliphatic carbocycles. The molecule has 0 radical (unpaired) electrons. The molecule has 0 atom stereocenters. The molecule has 0 spiro atoms. The molecule has 1 aromatic carbocycles. The van der Waals surface area contributed by atoms with Crippen molar-refractivity contribution in [1.82, 2.24) is 4.90 Å². The lowest BCUT2D eigenvalue weighted by atomic mass is 10.1. The van der Waals surface area contributed by atoms with Crippen LogP contribution in [0.15, 0.2) is 9.59 Å². The number of rotatable bonds is 9. The number of anilines is 2. The van der Waals surface area contributed by atoms with Gasteiger partial charge in [-0.05, 0) is 39.4 Å². The van der Waals surface area contributed by atoms with Gasteiger partial charge in [-0.25, -0.2) is 0 Å². The summed E-state index contributed by atoms with van der Waals surface area (Å²) in [6, 6.07) is 0. The monoisotopic (exact) mass is 267 g/mol. The maximum atomic E-state index is 11.5. The van der Waals surface area contributed by atoms with Crippen LogP contribution >= 0.6 is 0 Å². The van der Waals surface area contributed by atoms with Crippen molar-refractivity contribution in [1.29, 1.82) is 0 Å². The van der Waals surface area contributed by atoms with Gasteiger partial charge in [0.1, 0.15) is 11.4 Å². The summed E-state index contributed by atoms with van der Waals surface area (Å²) in [4.78, 5) is 25.0. The molecule has 0 fully saturated rings. The van der Waals surface area contributed by atoms with Gasteiger partial charge < -0.3 is 15.5 Å². The van der Waals surface area contributed by atoms with Crippen LogP contribution in [0.4, 0.5) is 11.4 Å². The van der Waals surface area contributed by atoms with Gasteiger partial charge in [0.05, 0.1) is 0 Å². The van der Waals surface area contributed by atoms with Crippen LogP contribution in [0.25, 0.3) is 0 Å². The van der Waals surface area contributed by atoms with Crippen molar-refractivity contribution in [3.8, 4) is 0 Å². The first kappa shape index (κ1) is 15.7. The molecule has 5 heteroatoms. The Bertz CT molecular complexity index is 459. The topological polar surface area (TPSA) is 61.4 Å². The van der Waals surface area contributed by atoms with E-state index in [0.29, 0.717) is 23.8 Å². The Morgan fingerprint density at radius 2 is 1.53 bits per heavy atom. The van der Waals surface area contributed by atoms with Crippen LogP contribution in [-0.2, 0) is 0 Å². The second-order valence-electron chi connectivity index (χ2n) is 5.60. The van der Waals surface area contributed by atoms with Gasteiger partial charge in [0.15, 0.2) is 0 Å². The summed E-state index contributed by atoms with van der Waals surface area (Å²) in [7, 11) is 4.02. The molecule has 0 unspecified atom stereocenters. The summed E-state index contributed by atoms with van der Waals surface area (Å²) in [6.45, 7) is 6.66. The lowest BCUT2D eigenvalue weighted by Crippen LogP contribution is -2.38. The highest BCUT2D eigenvalue weighted by Crippen LogP contribution is 2.14. The lowest BCUT2D eigenvalue weighted by Gasteiger charge is -2.16. The molecule has 0 amide bonds. The number of hydrogen-bond donors (Lipinski definition) is 2. The SMILES string of the molecule is CC(C)CCNc1c(NCCCN(C)C)c(=O)c1=O. The maximum absolute atomic E-state index is 11.5. The maximum Gasteiger partial charge on any atom is 0.253 e. The lowest BCUT2D eigenvalue weighted by molar-refractivity contribution is 0.405. The molecule has 0 saturated heterocycles.